The van der Waals surface area contributed by atoms with E-state index in [-0.39, 0.29) is 12.5 Å². The second-order valence-electron chi connectivity index (χ2n) is 6.80. The van der Waals surface area contributed by atoms with Crippen LogP contribution < -0.4 is 11.0 Å². The summed E-state index contributed by atoms with van der Waals surface area (Å²) in [5.41, 5.74) is 2.84. The Morgan fingerprint density at radius 2 is 2.03 bits per heavy atom. The number of halogens is 1. The third kappa shape index (κ3) is 4.24. The minimum Gasteiger partial charge on any atom is -0.324 e. The summed E-state index contributed by atoms with van der Waals surface area (Å²) in [6.45, 7) is 3.84. The molecule has 0 unspecified atom stereocenters. The molecule has 1 N–H and O–H groups in total. The summed E-state index contributed by atoms with van der Waals surface area (Å²) in [5.74, 6) is -0.376. The van der Waals surface area contributed by atoms with Crippen molar-refractivity contribution in [3.05, 3.63) is 81.5 Å². The summed E-state index contributed by atoms with van der Waals surface area (Å²) in [6.07, 6.45) is 3.10. The fourth-order valence-electron chi connectivity index (χ4n) is 3.02. The molecule has 9 heteroatoms. The van der Waals surface area contributed by atoms with Crippen molar-refractivity contribution >= 4 is 40.6 Å². The van der Waals surface area contributed by atoms with Gasteiger partial charge in [-0.05, 0) is 43.7 Å². The number of benzene rings is 2. The van der Waals surface area contributed by atoms with Crippen molar-refractivity contribution in [1.82, 2.24) is 19.2 Å². The van der Waals surface area contributed by atoms with Gasteiger partial charge in [-0.25, -0.2) is 18.9 Å². The van der Waals surface area contributed by atoms with E-state index in [1.165, 1.54) is 21.7 Å². The van der Waals surface area contributed by atoms with Crippen LogP contribution in [-0.2, 0) is 11.3 Å². The van der Waals surface area contributed by atoms with Crippen molar-refractivity contribution in [3.8, 4) is 0 Å². The Morgan fingerprint density at radius 3 is 2.80 bits per heavy atom. The first kappa shape index (κ1) is 20.2. The SMILES string of the molecule is Cc1ccc(Sc2nccn3c(=O)n(CC(=O)Nc4cccc(Cl)c4)nc23)c(C)c1. The fraction of sp³-hybridized carbons (Fsp3) is 0.143. The van der Waals surface area contributed by atoms with E-state index in [1.54, 1.807) is 36.7 Å². The molecule has 2 aromatic heterocycles. The second-order valence-corrected chi connectivity index (χ2v) is 8.26. The van der Waals surface area contributed by atoms with Gasteiger partial charge in [0.1, 0.15) is 11.6 Å². The Hall–Kier alpha value is -3.10. The lowest BCUT2D eigenvalue weighted by atomic mass is 10.2. The van der Waals surface area contributed by atoms with Gasteiger partial charge in [-0.3, -0.25) is 4.79 Å². The maximum Gasteiger partial charge on any atom is 0.350 e. The van der Waals surface area contributed by atoms with E-state index in [0.29, 0.717) is 21.4 Å². The molecule has 4 aromatic rings. The number of hydrogen-bond donors (Lipinski definition) is 1. The number of nitrogens with one attached hydrogen (secondary N) is 1. The highest BCUT2D eigenvalue weighted by Crippen LogP contribution is 2.31. The van der Waals surface area contributed by atoms with Gasteiger partial charge in [-0.15, -0.1) is 5.10 Å². The van der Waals surface area contributed by atoms with E-state index >= 15 is 0 Å². The third-order valence-corrected chi connectivity index (χ3v) is 5.80. The summed E-state index contributed by atoms with van der Waals surface area (Å²) in [7, 11) is 0. The molecule has 0 aliphatic heterocycles. The van der Waals surface area contributed by atoms with Crippen LogP contribution in [0.4, 0.5) is 5.69 Å². The quantitative estimate of drug-likeness (QED) is 0.509. The lowest BCUT2D eigenvalue weighted by molar-refractivity contribution is -0.117. The van der Waals surface area contributed by atoms with Gasteiger partial charge in [0.05, 0.1) is 0 Å². The predicted octanol–water partition coefficient (Wildman–Crippen LogP) is 3.95. The Kier molecular flexibility index (Phi) is 5.61. The number of anilines is 1. The fourth-order valence-corrected chi connectivity index (χ4v) is 4.12. The molecule has 0 saturated carbocycles. The molecule has 2 heterocycles. The molecule has 0 radical (unpaired) electrons. The molecule has 0 bridgehead atoms. The monoisotopic (exact) mass is 439 g/mol. The molecule has 30 heavy (non-hydrogen) atoms. The third-order valence-electron chi connectivity index (χ3n) is 4.41. The van der Waals surface area contributed by atoms with E-state index in [2.05, 4.69) is 21.5 Å². The van der Waals surface area contributed by atoms with Gasteiger partial charge in [0.25, 0.3) is 0 Å². The topological polar surface area (TPSA) is 81.3 Å². The van der Waals surface area contributed by atoms with Crippen LogP contribution in [0.5, 0.6) is 0 Å². The van der Waals surface area contributed by atoms with Crippen molar-refractivity contribution in [1.29, 1.82) is 0 Å². The van der Waals surface area contributed by atoms with Crippen LogP contribution in [0, 0.1) is 13.8 Å². The molecule has 0 aliphatic carbocycles. The number of rotatable bonds is 5. The number of aromatic nitrogens is 4. The predicted molar refractivity (Wildman–Crippen MR) is 117 cm³/mol. The van der Waals surface area contributed by atoms with E-state index in [0.717, 1.165) is 15.1 Å². The van der Waals surface area contributed by atoms with Gasteiger partial charge in [0, 0.05) is 28.0 Å². The van der Waals surface area contributed by atoms with Crippen molar-refractivity contribution in [2.45, 2.75) is 30.3 Å². The van der Waals surface area contributed by atoms with Crippen molar-refractivity contribution in [2.24, 2.45) is 0 Å². The Bertz CT molecular complexity index is 1310. The molecular weight excluding hydrogens is 422 g/mol. The van der Waals surface area contributed by atoms with Crippen LogP contribution in [0.1, 0.15) is 11.1 Å². The highest BCUT2D eigenvalue weighted by atomic mass is 35.5. The summed E-state index contributed by atoms with van der Waals surface area (Å²) in [4.78, 5) is 30.5. The largest absolute Gasteiger partial charge is 0.350 e. The van der Waals surface area contributed by atoms with Gasteiger partial charge in [0.2, 0.25) is 5.91 Å². The molecule has 0 fully saturated rings. The van der Waals surface area contributed by atoms with Crippen LogP contribution in [-0.4, -0.2) is 25.1 Å². The van der Waals surface area contributed by atoms with Crippen LogP contribution in [0.3, 0.4) is 0 Å². The number of carbonyl (C=O) groups is 1. The maximum absolute atomic E-state index is 12.7. The normalized spacial score (nSPS) is 11.0. The van der Waals surface area contributed by atoms with E-state index < -0.39 is 5.69 Å². The minimum absolute atomic E-state index is 0.222. The number of aryl methyl sites for hydroxylation is 2. The van der Waals surface area contributed by atoms with E-state index in [4.69, 9.17) is 11.6 Å². The number of hydrogen-bond acceptors (Lipinski definition) is 5. The number of carbonyl (C=O) groups excluding carboxylic acids is 1. The molecule has 0 aliphatic rings. The van der Waals surface area contributed by atoms with Gasteiger partial charge >= 0.3 is 5.69 Å². The van der Waals surface area contributed by atoms with E-state index in [1.807, 2.05) is 26.0 Å². The summed E-state index contributed by atoms with van der Waals surface area (Å²) < 4.78 is 2.52. The molecule has 0 spiro atoms. The Morgan fingerprint density at radius 1 is 1.20 bits per heavy atom. The summed E-state index contributed by atoms with van der Waals surface area (Å²) >= 11 is 7.37. The number of amides is 1. The maximum atomic E-state index is 12.7. The Balaban J connectivity index is 1.61. The van der Waals surface area contributed by atoms with Gasteiger partial charge in [0.15, 0.2) is 5.65 Å². The van der Waals surface area contributed by atoms with Gasteiger partial charge < -0.3 is 5.32 Å². The lowest BCUT2D eigenvalue weighted by Crippen LogP contribution is -2.28. The van der Waals surface area contributed by atoms with Gasteiger partial charge in [-0.1, -0.05) is 47.1 Å². The first-order valence-electron chi connectivity index (χ1n) is 9.15. The first-order valence-corrected chi connectivity index (χ1v) is 10.3. The molecule has 2 aromatic carbocycles. The summed E-state index contributed by atoms with van der Waals surface area (Å²) in [5, 5.41) is 8.17. The van der Waals surface area contributed by atoms with E-state index in [9.17, 15) is 9.59 Å². The molecule has 1 amide bonds. The first-order chi connectivity index (χ1) is 14.4. The molecule has 152 valence electrons. The average molecular weight is 440 g/mol. The molecule has 0 atom stereocenters. The number of fused-ring (bicyclic) bond motifs is 1. The average Bonchev–Trinajstić information content (AvgIpc) is 3.00. The number of nitrogens with zero attached hydrogens (tertiary/aromatic N) is 4. The summed E-state index contributed by atoms with van der Waals surface area (Å²) in [6, 6.07) is 12.9. The second kappa shape index (κ2) is 8.33. The van der Waals surface area contributed by atoms with Crippen molar-refractivity contribution < 1.29 is 4.79 Å². The van der Waals surface area contributed by atoms with Crippen LogP contribution in [0.2, 0.25) is 5.02 Å². The van der Waals surface area contributed by atoms with Gasteiger partial charge in [-0.2, -0.15) is 0 Å². The molecule has 0 saturated heterocycles. The zero-order valence-electron chi connectivity index (χ0n) is 16.3. The zero-order valence-corrected chi connectivity index (χ0v) is 17.9. The smallest absolute Gasteiger partial charge is 0.324 e. The molecular formula is C21H18ClN5O2S. The highest BCUT2D eigenvalue weighted by molar-refractivity contribution is 7.99. The standard InChI is InChI=1S/C21H18ClN5O2S/c1-13-6-7-17(14(2)10-13)30-20-19-25-27(21(29)26(19)9-8-23-20)12-18(28)24-16-5-3-4-15(22)11-16/h3-11H,12H2,1-2H3,(H,24,28). The Labute approximate surface area is 181 Å². The highest BCUT2D eigenvalue weighted by Gasteiger charge is 2.16. The lowest BCUT2D eigenvalue weighted by Gasteiger charge is -2.06. The molecule has 7 nitrogen and oxygen atoms in total. The minimum atomic E-state index is -0.406. The molecule has 4 rings (SSSR count). The van der Waals surface area contributed by atoms with Crippen LogP contribution >= 0.6 is 23.4 Å². The zero-order chi connectivity index (χ0) is 21.3. The van der Waals surface area contributed by atoms with Crippen LogP contribution in [0.25, 0.3) is 5.65 Å². The van der Waals surface area contributed by atoms with Crippen LogP contribution in [0.15, 0.2) is 69.6 Å². The van der Waals surface area contributed by atoms with Crippen molar-refractivity contribution in [3.63, 3.8) is 0 Å². The van der Waals surface area contributed by atoms with Crippen molar-refractivity contribution in [2.75, 3.05) is 5.32 Å².